The Hall–Kier alpha value is -3.08. The molecule has 2 heterocycles. The normalized spacial score (nSPS) is 16.4. The molecule has 0 saturated heterocycles. The molecule has 0 fully saturated rings. The van der Waals surface area contributed by atoms with E-state index < -0.39 is 11.9 Å². The number of hydrogen-bond donors (Lipinski definition) is 2. The number of primary amides is 1. The third-order valence-corrected chi connectivity index (χ3v) is 5.56. The summed E-state index contributed by atoms with van der Waals surface area (Å²) in [5.41, 5.74) is 12.4. The van der Waals surface area contributed by atoms with Gasteiger partial charge in [0, 0.05) is 23.9 Å². The highest BCUT2D eigenvalue weighted by Gasteiger charge is 2.35. The van der Waals surface area contributed by atoms with Gasteiger partial charge in [0.25, 0.3) is 5.91 Å². The van der Waals surface area contributed by atoms with Crippen molar-refractivity contribution >= 4 is 22.7 Å². The zero-order chi connectivity index (χ0) is 19.3. The fraction of sp³-hybridized carbons (Fsp3) is 0.273. The maximum absolute atomic E-state index is 13.4. The van der Waals surface area contributed by atoms with Gasteiger partial charge in [0.15, 0.2) is 0 Å². The molecular weight excluding hydrogens is 338 g/mol. The second kappa shape index (κ2) is 6.27. The largest absolute Gasteiger partial charge is 0.368 e. The molecule has 1 aliphatic heterocycles. The lowest BCUT2D eigenvalue weighted by molar-refractivity contribution is -0.122. The molecule has 0 aliphatic carbocycles. The maximum atomic E-state index is 13.4. The van der Waals surface area contributed by atoms with Crippen LogP contribution in [0.25, 0.3) is 10.9 Å². The number of rotatable bonds is 2. The van der Waals surface area contributed by atoms with Crippen molar-refractivity contribution < 1.29 is 9.59 Å². The van der Waals surface area contributed by atoms with Gasteiger partial charge in [0.05, 0.1) is 0 Å². The third-order valence-electron chi connectivity index (χ3n) is 5.56. The number of nitrogens with one attached hydrogen (secondary N) is 1. The SMILES string of the molecule is Cc1cc(C)c2[nH]c(C(=O)N3Cc4ccccc4CC3C(N)=O)c(C)c2c1. The van der Waals surface area contributed by atoms with Crippen LogP contribution >= 0.6 is 0 Å². The van der Waals surface area contributed by atoms with Crippen molar-refractivity contribution in [3.63, 3.8) is 0 Å². The number of aryl methyl sites for hydroxylation is 3. The lowest BCUT2D eigenvalue weighted by Crippen LogP contribution is -2.51. The molecule has 5 nitrogen and oxygen atoms in total. The summed E-state index contributed by atoms with van der Waals surface area (Å²) in [7, 11) is 0. The Kier molecular flexibility index (Phi) is 4.02. The highest BCUT2D eigenvalue weighted by Crippen LogP contribution is 2.30. The molecule has 1 atom stereocenters. The highest BCUT2D eigenvalue weighted by atomic mass is 16.2. The summed E-state index contributed by atoms with van der Waals surface area (Å²) >= 11 is 0. The molecule has 1 aromatic heterocycles. The predicted octanol–water partition coefficient (Wildman–Crippen LogP) is 3.15. The van der Waals surface area contributed by atoms with Crippen molar-refractivity contribution in [2.24, 2.45) is 5.73 Å². The number of aromatic amines is 1. The van der Waals surface area contributed by atoms with E-state index in [9.17, 15) is 9.59 Å². The number of nitrogens with two attached hydrogens (primary N) is 1. The molecule has 0 radical (unpaired) electrons. The lowest BCUT2D eigenvalue weighted by Gasteiger charge is -2.35. The van der Waals surface area contributed by atoms with E-state index in [1.54, 1.807) is 4.90 Å². The van der Waals surface area contributed by atoms with Crippen molar-refractivity contribution in [3.05, 3.63) is 69.9 Å². The summed E-state index contributed by atoms with van der Waals surface area (Å²) in [5.74, 6) is -0.655. The molecule has 1 unspecified atom stereocenters. The van der Waals surface area contributed by atoms with Gasteiger partial charge in [-0.25, -0.2) is 0 Å². The summed E-state index contributed by atoms with van der Waals surface area (Å²) < 4.78 is 0. The molecular formula is C22H23N3O2. The van der Waals surface area contributed by atoms with E-state index in [1.807, 2.05) is 45.0 Å². The van der Waals surface area contributed by atoms with Gasteiger partial charge >= 0.3 is 0 Å². The number of carbonyl (C=O) groups is 2. The first-order valence-corrected chi connectivity index (χ1v) is 9.13. The Bertz CT molecular complexity index is 1080. The number of fused-ring (bicyclic) bond motifs is 2. The van der Waals surface area contributed by atoms with Gasteiger partial charge < -0.3 is 15.6 Å². The molecule has 138 valence electrons. The molecule has 27 heavy (non-hydrogen) atoms. The summed E-state index contributed by atoms with van der Waals surface area (Å²) in [6.07, 6.45) is 0.453. The Morgan fingerprint density at radius 3 is 2.52 bits per heavy atom. The van der Waals surface area contributed by atoms with Gasteiger partial charge in [-0.3, -0.25) is 9.59 Å². The average molecular weight is 361 g/mol. The molecule has 0 spiro atoms. The Balaban J connectivity index is 1.80. The smallest absolute Gasteiger partial charge is 0.271 e. The number of aromatic nitrogens is 1. The number of hydrogen-bond acceptors (Lipinski definition) is 2. The fourth-order valence-corrected chi connectivity index (χ4v) is 4.13. The Labute approximate surface area is 158 Å². The molecule has 2 aromatic carbocycles. The van der Waals surface area contributed by atoms with Gasteiger partial charge in [-0.1, -0.05) is 35.9 Å². The van der Waals surface area contributed by atoms with E-state index >= 15 is 0 Å². The summed E-state index contributed by atoms with van der Waals surface area (Å²) in [4.78, 5) is 30.4. The fourth-order valence-electron chi connectivity index (χ4n) is 4.13. The highest BCUT2D eigenvalue weighted by molar-refractivity contribution is 6.03. The second-order valence-corrected chi connectivity index (χ2v) is 7.45. The first-order valence-electron chi connectivity index (χ1n) is 9.13. The van der Waals surface area contributed by atoms with E-state index in [0.29, 0.717) is 18.7 Å². The van der Waals surface area contributed by atoms with Crippen molar-refractivity contribution in [2.75, 3.05) is 0 Å². The van der Waals surface area contributed by atoms with Gasteiger partial charge in [-0.2, -0.15) is 0 Å². The van der Waals surface area contributed by atoms with Gasteiger partial charge in [0.2, 0.25) is 5.91 Å². The van der Waals surface area contributed by atoms with E-state index in [-0.39, 0.29) is 5.91 Å². The van der Waals surface area contributed by atoms with Crippen LogP contribution in [0.3, 0.4) is 0 Å². The molecule has 2 amide bonds. The third kappa shape index (κ3) is 2.79. The number of carbonyl (C=O) groups excluding carboxylic acids is 2. The van der Waals surface area contributed by atoms with Crippen LogP contribution in [0.4, 0.5) is 0 Å². The number of benzene rings is 2. The van der Waals surface area contributed by atoms with E-state index in [2.05, 4.69) is 17.1 Å². The molecule has 0 saturated carbocycles. The molecule has 0 bridgehead atoms. The minimum absolute atomic E-state index is 0.181. The van der Waals surface area contributed by atoms with Crippen LogP contribution in [-0.4, -0.2) is 27.7 Å². The van der Waals surface area contributed by atoms with Crippen LogP contribution in [0.2, 0.25) is 0 Å². The van der Waals surface area contributed by atoms with Crippen LogP contribution in [0.1, 0.15) is 38.3 Å². The quantitative estimate of drug-likeness (QED) is 0.735. The average Bonchev–Trinajstić information content (AvgIpc) is 2.97. The van der Waals surface area contributed by atoms with Crippen LogP contribution in [0.5, 0.6) is 0 Å². The molecule has 4 rings (SSSR count). The Morgan fingerprint density at radius 2 is 1.81 bits per heavy atom. The van der Waals surface area contributed by atoms with E-state index in [0.717, 1.165) is 38.7 Å². The summed E-state index contributed by atoms with van der Waals surface area (Å²) in [6, 6.07) is 11.4. The first-order chi connectivity index (χ1) is 12.9. The predicted molar refractivity (Wildman–Crippen MR) is 106 cm³/mol. The Morgan fingerprint density at radius 1 is 1.11 bits per heavy atom. The standard InChI is InChI=1S/C22H23N3O2/c1-12-8-13(2)19-17(9-12)14(3)20(24-19)22(27)25-11-16-7-5-4-6-15(16)10-18(25)21(23)26/h4-9,18,24H,10-11H2,1-3H3,(H2,23,26). The molecule has 1 aliphatic rings. The number of H-pyrrole nitrogens is 1. The lowest BCUT2D eigenvalue weighted by atomic mass is 9.93. The van der Waals surface area contributed by atoms with Gasteiger partial charge in [-0.15, -0.1) is 0 Å². The van der Waals surface area contributed by atoms with Crippen molar-refractivity contribution in [1.29, 1.82) is 0 Å². The van der Waals surface area contributed by atoms with Crippen LogP contribution in [0, 0.1) is 20.8 Å². The van der Waals surface area contributed by atoms with Crippen molar-refractivity contribution in [1.82, 2.24) is 9.88 Å². The maximum Gasteiger partial charge on any atom is 0.271 e. The molecule has 3 N–H and O–H groups in total. The summed E-state index contributed by atoms with van der Waals surface area (Å²) in [6.45, 7) is 6.41. The van der Waals surface area contributed by atoms with Gasteiger partial charge in [-0.05, 0) is 49.1 Å². The zero-order valence-corrected chi connectivity index (χ0v) is 15.8. The van der Waals surface area contributed by atoms with Gasteiger partial charge in [0.1, 0.15) is 11.7 Å². The minimum atomic E-state index is -0.638. The number of nitrogens with zero attached hydrogens (tertiary/aromatic N) is 1. The van der Waals surface area contributed by atoms with E-state index in [1.165, 1.54) is 0 Å². The zero-order valence-electron chi connectivity index (χ0n) is 15.8. The van der Waals surface area contributed by atoms with Crippen molar-refractivity contribution in [3.8, 4) is 0 Å². The topological polar surface area (TPSA) is 79.2 Å². The summed E-state index contributed by atoms with van der Waals surface area (Å²) in [5, 5.41) is 1.05. The first kappa shape index (κ1) is 17.3. The van der Waals surface area contributed by atoms with Crippen LogP contribution < -0.4 is 5.73 Å². The molecule has 5 heteroatoms. The van der Waals surface area contributed by atoms with Crippen LogP contribution in [-0.2, 0) is 17.8 Å². The van der Waals surface area contributed by atoms with Crippen LogP contribution in [0.15, 0.2) is 36.4 Å². The minimum Gasteiger partial charge on any atom is -0.368 e. The monoisotopic (exact) mass is 361 g/mol. The second-order valence-electron chi connectivity index (χ2n) is 7.45. The molecule has 3 aromatic rings. The van der Waals surface area contributed by atoms with Crippen molar-refractivity contribution in [2.45, 2.75) is 39.8 Å². The number of amides is 2. The van der Waals surface area contributed by atoms with E-state index in [4.69, 9.17) is 5.73 Å².